The third-order valence-corrected chi connectivity index (χ3v) is 8.17. The van der Waals surface area contributed by atoms with Gasteiger partial charge in [-0.15, -0.1) is 0 Å². The third kappa shape index (κ3) is 6.36. The van der Waals surface area contributed by atoms with Crippen molar-refractivity contribution in [2.24, 2.45) is 0 Å². The Kier molecular flexibility index (Phi) is 8.13. The van der Waals surface area contributed by atoms with Crippen LogP contribution >= 0.6 is 0 Å². The van der Waals surface area contributed by atoms with Crippen LogP contribution in [0.1, 0.15) is 49.9 Å². The van der Waals surface area contributed by atoms with Crippen molar-refractivity contribution in [1.82, 2.24) is 24.7 Å². The van der Waals surface area contributed by atoms with Crippen molar-refractivity contribution >= 4 is 33.3 Å². The Morgan fingerprint density at radius 1 is 1.10 bits per heavy atom. The molecule has 9 nitrogen and oxygen atoms in total. The van der Waals surface area contributed by atoms with E-state index in [0.717, 1.165) is 0 Å². The minimum atomic E-state index is -1.45. The van der Waals surface area contributed by atoms with Gasteiger partial charge in [-0.05, 0) is 82.1 Å². The van der Waals surface area contributed by atoms with E-state index in [1.807, 2.05) is 20.8 Å². The molecular formula is C31H31FN6O3S. The minimum Gasteiger partial charge on any atom is -0.453 e. The monoisotopic (exact) mass is 586 g/mol. The average molecular weight is 587 g/mol. The van der Waals surface area contributed by atoms with E-state index in [1.54, 1.807) is 85.9 Å². The fourth-order valence-electron chi connectivity index (χ4n) is 4.42. The molecule has 0 radical (unpaired) electrons. The Morgan fingerprint density at radius 3 is 2.55 bits per heavy atom. The molecule has 42 heavy (non-hydrogen) atoms. The maximum Gasteiger partial charge on any atom is 0.228 e. The number of anilines is 1. The normalized spacial score (nSPS) is 13.1. The summed E-state index contributed by atoms with van der Waals surface area (Å²) in [6.45, 7) is 9.56. The fourth-order valence-corrected chi connectivity index (χ4v) is 5.58. The fraction of sp³-hybridized carbons (Fsp3) is 0.258. The van der Waals surface area contributed by atoms with Crippen LogP contribution in [-0.2, 0) is 27.6 Å². The zero-order valence-corrected chi connectivity index (χ0v) is 24.8. The number of aromatic nitrogens is 5. The van der Waals surface area contributed by atoms with Crippen molar-refractivity contribution < 1.29 is 18.1 Å². The highest BCUT2D eigenvalue weighted by atomic mass is 32.2. The number of carbonyl (C=O) groups is 1. The van der Waals surface area contributed by atoms with E-state index in [9.17, 15) is 9.00 Å². The standard InChI is InChI=1S/C31H31FN6O3S/c1-19-13-21(15-28(39)37-22-17-36-38(18-22)31(3,4)5)14-25(32)29(19)41-27-9-12-33-26-8-7-23(16-24(26)27)42(40)20(2)30-34-10-6-11-35-30/h6-14,16-18,20H,15H2,1-5H3,(H,37,39). The van der Waals surface area contributed by atoms with Crippen molar-refractivity contribution in [3.05, 3.63) is 96.2 Å². The number of hydrogen-bond donors (Lipinski definition) is 1. The summed E-state index contributed by atoms with van der Waals surface area (Å²) in [6.07, 6.45) is 8.13. The number of carbonyl (C=O) groups excluding carboxylic acids is 1. The van der Waals surface area contributed by atoms with Gasteiger partial charge in [-0.25, -0.2) is 14.4 Å². The molecule has 0 fully saturated rings. The van der Waals surface area contributed by atoms with Crippen LogP contribution in [0.25, 0.3) is 10.9 Å². The predicted molar refractivity (Wildman–Crippen MR) is 159 cm³/mol. The number of amides is 1. The molecule has 1 amide bonds. The molecule has 2 unspecified atom stereocenters. The van der Waals surface area contributed by atoms with Gasteiger partial charge in [0.2, 0.25) is 5.91 Å². The molecule has 216 valence electrons. The summed E-state index contributed by atoms with van der Waals surface area (Å²) in [7, 11) is -1.45. The van der Waals surface area contributed by atoms with Crippen molar-refractivity contribution in [3.63, 3.8) is 0 Å². The first-order valence-electron chi connectivity index (χ1n) is 13.4. The Hall–Kier alpha value is -4.51. The molecule has 1 N–H and O–H groups in total. The van der Waals surface area contributed by atoms with Crippen molar-refractivity contribution in [3.8, 4) is 11.5 Å². The Bertz CT molecular complexity index is 1760. The van der Waals surface area contributed by atoms with E-state index in [2.05, 4.69) is 25.4 Å². The quantitative estimate of drug-likeness (QED) is 0.228. The third-order valence-electron chi connectivity index (χ3n) is 6.60. The highest BCUT2D eigenvalue weighted by Gasteiger charge is 2.20. The van der Waals surface area contributed by atoms with E-state index in [-0.39, 0.29) is 23.6 Å². The van der Waals surface area contributed by atoms with Gasteiger partial charge in [0, 0.05) is 35.1 Å². The molecule has 0 bridgehead atoms. The predicted octanol–water partition coefficient (Wildman–Crippen LogP) is 6.27. The Morgan fingerprint density at radius 2 is 1.86 bits per heavy atom. The van der Waals surface area contributed by atoms with Gasteiger partial charge < -0.3 is 10.1 Å². The lowest BCUT2D eigenvalue weighted by Crippen LogP contribution is -2.22. The van der Waals surface area contributed by atoms with Crippen molar-refractivity contribution in [2.75, 3.05) is 5.32 Å². The summed E-state index contributed by atoms with van der Waals surface area (Å²) < 4.78 is 36.5. The first-order valence-corrected chi connectivity index (χ1v) is 14.6. The second kappa shape index (κ2) is 11.8. The number of benzene rings is 2. The van der Waals surface area contributed by atoms with Gasteiger partial charge in [-0.1, -0.05) is 6.07 Å². The van der Waals surface area contributed by atoms with Crippen LogP contribution in [0.4, 0.5) is 10.1 Å². The molecular weight excluding hydrogens is 555 g/mol. The SMILES string of the molecule is Cc1cc(CC(=O)Nc2cnn(C(C)(C)C)c2)cc(F)c1Oc1ccnc2ccc(S(=O)C(C)c3ncccn3)cc12. The lowest BCUT2D eigenvalue weighted by molar-refractivity contribution is -0.115. The van der Waals surface area contributed by atoms with Crippen LogP contribution < -0.4 is 10.1 Å². The second-order valence-electron chi connectivity index (χ2n) is 10.9. The molecule has 0 aliphatic rings. The van der Waals surface area contributed by atoms with E-state index in [4.69, 9.17) is 4.74 Å². The zero-order chi connectivity index (χ0) is 30.0. The number of ether oxygens (including phenoxy) is 1. The summed E-state index contributed by atoms with van der Waals surface area (Å²) in [5.41, 5.74) is 2.00. The lowest BCUT2D eigenvalue weighted by atomic mass is 10.1. The molecule has 0 spiro atoms. The number of nitrogens with one attached hydrogen (secondary N) is 1. The molecule has 0 saturated heterocycles. The highest BCUT2D eigenvalue weighted by Crippen LogP contribution is 2.35. The van der Waals surface area contributed by atoms with Crippen LogP contribution in [0.15, 0.2) is 78.3 Å². The van der Waals surface area contributed by atoms with Crippen molar-refractivity contribution in [1.29, 1.82) is 0 Å². The molecule has 5 aromatic rings. The molecule has 2 aromatic carbocycles. The van der Waals surface area contributed by atoms with Crippen LogP contribution in [0.3, 0.4) is 0 Å². The van der Waals surface area contributed by atoms with Gasteiger partial charge in [0.15, 0.2) is 11.6 Å². The van der Waals surface area contributed by atoms with Gasteiger partial charge in [-0.3, -0.25) is 18.7 Å². The van der Waals surface area contributed by atoms with Crippen LogP contribution in [0.2, 0.25) is 0 Å². The maximum atomic E-state index is 15.4. The molecule has 11 heteroatoms. The van der Waals surface area contributed by atoms with Gasteiger partial charge in [-0.2, -0.15) is 5.10 Å². The van der Waals surface area contributed by atoms with Gasteiger partial charge >= 0.3 is 0 Å². The van der Waals surface area contributed by atoms with Crippen LogP contribution in [0, 0.1) is 12.7 Å². The lowest BCUT2D eigenvalue weighted by Gasteiger charge is -2.18. The number of hydrogen-bond acceptors (Lipinski definition) is 7. The minimum absolute atomic E-state index is 0.0184. The molecule has 3 aromatic heterocycles. The topological polar surface area (TPSA) is 112 Å². The van der Waals surface area contributed by atoms with E-state index >= 15 is 4.39 Å². The zero-order valence-electron chi connectivity index (χ0n) is 24.0. The Balaban J connectivity index is 1.35. The molecule has 0 saturated carbocycles. The molecule has 0 aliphatic heterocycles. The molecule has 0 aliphatic carbocycles. The van der Waals surface area contributed by atoms with Crippen molar-refractivity contribution in [2.45, 2.75) is 56.7 Å². The number of rotatable bonds is 8. The highest BCUT2D eigenvalue weighted by molar-refractivity contribution is 7.85. The number of fused-ring (bicyclic) bond motifs is 1. The van der Waals surface area contributed by atoms with Crippen LogP contribution in [0.5, 0.6) is 11.5 Å². The second-order valence-corrected chi connectivity index (χ2v) is 12.7. The molecule has 2 atom stereocenters. The molecule has 3 heterocycles. The van der Waals surface area contributed by atoms with Gasteiger partial charge in [0.05, 0.1) is 45.4 Å². The smallest absolute Gasteiger partial charge is 0.228 e. The number of nitrogens with zero attached hydrogens (tertiary/aromatic N) is 5. The largest absolute Gasteiger partial charge is 0.453 e. The summed E-state index contributed by atoms with van der Waals surface area (Å²) in [4.78, 5) is 26.0. The van der Waals surface area contributed by atoms with E-state index in [1.165, 1.54) is 6.07 Å². The van der Waals surface area contributed by atoms with Gasteiger partial charge in [0.1, 0.15) is 11.6 Å². The van der Waals surface area contributed by atoms with Crippen LogP contribution in [-0.4, -0.2) is 34.8 Å². The summed E-state index contributed by atoms with van der Waals surface area (Å²) in [5.74, 6) is -0.00356. The number of aryl methyl sites for hydroxylation is 1. The first-order chi connectivity index (χ1) is 20.0. The van der Waals surface area contributed by atoms with E-state index < -0.39 is 21.9 Å². The number of halogens is 1. The maximum absolute atomic E-state index is 15.4. The van der Waals surface area contributed by atoms with E-state index in [0.29, 0.717) is 44.2 Å². The summed E-state index contributed by atoms with van der Waals surface area (Å²) in [6, 6.07) is 11.6. The molecule has 5 rings (SSSR count). The number of pyridine rings is 1. The summed E-state index contributed by atoms with van der Waals surface area (Å²) in [5, 5.41) is 7.24. The Labute approximate surface area is 245 Å². The average Bonchev–Trinajstić information content (AvgIpc) is 3.43. The first kappa shape index (κ1) is 29.0. The van der Waals surface area contributed by atoms with Gasteiger partial charge in [0.25, 0.3) is 0 Å². The summed E-state index contributed by atoms with van der Waals surface area (Å²) >= 11 is 0.